The molecule has 1 saturated carbocycles. The van der Waals surface area contributed by atoms with Crippen molar-refractivity contribution in [2.24, 2.45) is 0 Å². The Labute approximate surface area is 96.1 Å². The summed E-state index contributed by atoms with van der Waals surface area (Å²) in [6, 6.07) is -0.208. The molecule has 0 aliphatic heterocycles. The normalized spacial score (nSPS) is 26.4. The molecule has 0 bridgehead atoms. The molecule has 1 aliphatic rings. The van der Waals surface area contributed by atoms with E-state index >= 15 is 0 Å². The maximum absolute atomic E-state index is 11.4. The Balaban J connectivity index is 2.33. The molecule has 94 valence electrons. The monoisotopic (exact) mass is 249 g/mol. The van der Waals surface area contributed by atoms with Crippen LogP contribution in [0.25, 0.3) is 0 Å². The number of aliphatic hydroxyl groups excluding tert-OH is 1. The van der Waals surface area contributed by atoms with Gasteiger partial charge in [-0.15, -0.1) is 0 Å². The molecule has 2 N–H and O–H groups in total. The van der Waals surface area contributed by atoms with Gasteiger partial charge in [0.25, 0.3) is 0 Å². The highest BCUT2D eigenvalue weighted by Crippen LogP contribution is 2.18. The van der Waals surface area contributed by atoms with Crippen LogP contribution in [0.15, 0.2) is 0 Å². The molecule has 0 aromatic carbocycles. The van der Waals surface area contributed by atoms with Crippen molar-refractivity contribution >= 4 is 15.7 Å². The molecule has 1 aliphatic carbocycles. The Kier molecular flexibility index (Phi) is 4.73. The summed E-state index contributed by atoms with van der Waals surface area (Å²) in [7, 11) is -3.10. The second kappa shape index (κ2) is 5.63. The Morgan fingerprint density at radius 3 is 2.56 bits per heavy atom. The summed E-state index contributed by atoms with van der Waals surface area (Å²) in [5.41, 5.74) is 0. The first-order valence-electron chi connectivity index (χ1n) is 5.53. The zero-order valence-corrected chi connectivity index (χ0v) is 10.3. The molecule has 0 radical (unpaired) electrons. The van der Waals surface area contributed by atoms with Crippen LogP contribution >= 0.6 is 0 Å². The first kappa shape index (κ1) is 13.4. The fourth-order valence-corrected chi connectivity index (χ4v) is 2.39. The summed E-state index contributed by atoms with van der Waals surface area (Å²) >= 11 is 0. The number of carbonyl (C=O) groups is 1. The minimum absolute atomic E-state index is 0.0257. The lowest BCUT2D eigenvalue weighted by atomic mass is 9.92. The predicted octanol–water partition coefficient (Wildman–Crippen LogP) is -0.159. The minimum Gasteiger partial charge on any atom is -0.391 e. The van der Waals surface area contributed by atoms with Crippen molar-refractivity contribution in [3.8, 4) is 0 Å². The lowest BCUT2D eigenvalue weighted by Gasteiger charge is -2.28. The molecule has 16 heavy (non-hydrogen) atoms. The number of amides is 1. The second-order valence-electron chi connectivity index (χ2n) is 4.41. The van der Waals surface area contributed by atoms with Gasteiger partial charge < -0.3 is 10.4 Å². The Hall–Kier alpha value is -0.620. The highest BCUT2D eigenvalue weighted by molar-refractivity contribution is 7.90. The van der Waals surface area contributed by atoms with Crippen LogP contribution in [-0.4, -0.2) is 43.6 Å². The molecule has 0 aromatic heterocycles. The number of hydrogen-bond donors (Lipinski definition) is 2. The third kappa shape index (κ3) is 4.94. The van der Waals surface area contributed by atoms with Crippen molar-refractivity contribution in [1.82, 2.24) is 5.32 Å². The van der Waals surface area contributed by atoms with Gasteiger partial charge in [0, 0.05) is 12.7 Å². The molecule has 0 heterocycles. The Morgan fingerprint density at radius 2 is 2.00 bits per heavy atom. The topological polar surface area (TPSA) is 83.5 Å². The number of rotatable bonds is 4. The minimum atomic E-state index is -3.10. The molecule has 0 spiro atoms. The van der Waals surface area contributed by atoms with E-state index in [2.05, 4.69) is 5.32 Å². The van der Waals surface area contributed by atoms with E-state index in [1.807, 2.05) is 0 Å². The van der Waals surface area contributed by atoms with Gasteiger partial charge in [0.05, 0.1) is 17.9 Å². The lowest BCUT2D eigenvalue weighted by Crippen LogP contribution is -2.45. The van der Waals surface area contributed by atoms with Crippen LogP contribution in [-0.2, 0) is 14.6 Å². The van der Waals surface area contributed by atoms with Crippen LogP contribution in [0, 0.1) is 0 Å². The van der Waals surface area contributed by atoms with Gasteiger partial charge in [-0.1, -0.05) is 12.8 Å². The van der Waals surface area contributed by atoms with Crippen molar-refractivity contribution in [1.29, 1.82) is 0 Å². The van der Waals surface area contributed by atoms with E-state index in [0.29, 0.717) is 6.42 Å². The van der Waals surface area contributed by atoms with Crippen molar-refractivity contribution in [2.45, 2.75) is 44.2 Å². The highest BCUT2D eigenvalue weighted by Gasteiger charge is 2.24. The van der Waals surface area contributed by atoms with Crippen LogP contribution < -0.4 is 5.32 Å². The van der Waals surface area contributed by atoms with Gasteiger partial charge in [-0.2, -0.15) is 0 Å². The van der Waals surface area contributed by atoms with E-state index in [1.165, 1.54) is 0 Å². The molecule has 0 aromatic rings. The van der Waals surface area contributed by atoms with Crippen molar-refractivity contribution in [2.75, 3.05) is 12.0 Å². The van der Waals surface area contributed by atoms with E-state index < -0.39 is 15.9 Å². The predicted molar refractivity (Wildman–Crippen MR) is 60.7 cm³/mol. The van der Waals surface area contributed by atoms with Crippen molar-refractivity contribution < 1.29 is 18.3 Å². The number of nitrogens with one attached hydrogen (secondary N) is 1. The van der Waals surface area contributed by atoms with Crippen LogP contribution in [0.1, 0.15) is 32.1 Å². The zero-order chi connectivity index (χ0) is 12.2. The molecular weight excluding hydrogens is 230 g/mol. The second-order valence-corrected chi connectivity index (χ2v) is 6.67. The van der Waals surface area contributed by atoms with Gasteiger partial charge in [-0.25, -0.2) is 8.42 Å². The number of hydrogen-bond acceptors (Lipinski definition) is 4. The first-order chi connectivity index (χ1) is 7.38. The maximum Gasteiger partial charge on any atom is 0.221 e. The van der Waals surface area contributed by atoms with Crippen LogP contribution in [0.2, 0.25) is 0 Å². The SMILES string of the molecule is CS(=O)(=O)CCC(=O)N[C@@H]1CCCC[C@H]1O. The summed E-state index contributed by atoms with van der Waals surface area (Å²) in [6.45, 7) is 0. The average Bonchev–Trinajstić information content (AvgIpc) is 2.18. The summed E-state index contributed by atoms with van der Waals surface area (Å²) in [5.74, 6) is -0.432. The number of carbonyl (C=O) groups excluding carboxylic acids is 1. The number of sulfone groups is 1. The average molecular weight is 249 g/mol. The molecule has 1 amide bonds. The van der Waals surface area contributed by atoms with Gasteiger partial charge in [0.15, 0.2) is 0 Å². The van der Waals surface area contributed by atoms with Gasteiger partial charge in [0.1, 0.15) is 9.84 Å². The van der Waals surface area contributed by atoms with Gasteiger partial charge in [-0.05, 0) is 12.8 Å². The van der Waals surface area contributed by atoms with Crippen LogP contribution in [0.3, 0.4) is 0 Å². The molecule has 1 fully saturated rings. The third-order valence-corrected chi connectivity index (χ3v) is 3.72. The van der Waals surface area contributed by atoms with E-state index in [-0.39, 0.29) is 24.1 Å². The molecular formula is C10H19NO4S. The van der Waals surface area contributed by atoms with E-state index in [9.17, 15) is 18.3 Å². The Bertz CT molecular complexity index is 339. The zero-order valence-electron chi connectivity index (χ0n) is 9.48. The maximum atomic E-state index is 11.4. The smallest absolute Gasteiger partial charge is 0.221 e. The van der Waals surface area contributed by atoms with E-state index in [4.69, 9.17) is 0 Å². The summed E-state index contributed by atoms with van der Waals surface area (Å²) in [5, 5.41) is 12.3. The molecule has 0 saturated heterocycles. The molecule has 0 unspecified atom stereocenters. The molecule has 2 atom stereocenters. The summed E-state index contributed by atoms with van der Waals surface area (Å²) < 4.78 is 21.7. The van der Waals surface area contributed by atoms with Crippen molar-refractivity contribution in [3.63, 3.8) is 0 Å². The van der Waals surface area contributed by atoms with Gasteiger partial charge in [-0.3, -0.25) is 4.79 Å². The van der Waals surface area contributed by atoms with E-state index in [1.54, 1.807) is 0 Å². The Morgan fingerprint density at radius 1 is 1.38 bits per heavy atom. The van der Waals surface area contributed by atoms with Crippen molar-refractivity contribution in [3.05, 3.63) is 0 Å². The fraction of sp³-hybridized carbons (Fsp3) is 0.900. The highest BCUT2D eigenvalue weighted by atomic mass is 32.2. The standard InChI is InChI=1S/C10H19NO4S/c1-16(14,15)7-6-10(13)11-8-4-2-3-5-9(8)12/h8-9,12H,2-7H2,1H3,(H,11,13)/t8-,9-/m1/s1. The quantitative estimate of drug-likeness (QED) is 0.725. The van der Waals surface area contributed by atoms with Gasteiger partial charge >= 0.3 is 0 Å². The largest absolute Gasteiger partial charge is 0.391 e. The summed E-state index contributed by atoms with van der Waals surface area (Å²) in [6.07, 6.45) is 4.04. The molecule has 1 rings (SSSR count). The third-order valence-electron chi connectivity index (χ3n) is 2.78. The van der Waals surface area contributed by atoms with Crippen LogP contribution in [0.4, 0.5) is 0 Å². The molecule has 5 nitrogen and oxygen atoms in total. The molecule has 6 heteroatoms. The van der Waals surface area contributed by atoms with Gasteiger partial charge in [0.2, 0.25) is 5.91 Å². The number of aliphatic hydroxyl groups is 1. The summed E-state index contributed by atoms with van der Waals surface area (Å²) in [4.78, 5) is 11.4. The first-order valence-corrected chi connectivity index (χ1v) is 7.60. The fourth-order valence-electron chi connectivity index (χ4n) is 1.84. The van der Waals surface area contributed by atoms with Crippen LogP contribution in [0.5, 0.6) is 0 Å². The van der Waals surface area contributed by atoms with E-state index in [0.717, 1.165) is 25.5 Å². The lowest BCUT2D eigenvalue weighted by molar-refractivity contribution is -0.122.